The molecule has 0 atom stereocenters. The van der Waals surface area contributed by atoms with Gasteiger partial charge in [0.2, 0.25) is 0 Å². The van der Waals surface area contributed by atoms with E-state index in [9.17, 15) is 14.4 Å². The first kappa shape index (κ1) is 21.2. The van der Waals surface area contributed by atoms with Gasteiger partial charge in [-0.25, -0.2) is 4.68 Å². The Kier molecular flexibility index (Phi) is 6.44. The number of piperidine rings is 1. The van der Waals surface area contributed by atoms with Gasteiger partial charge in [-0.15, -0.1) is 0 Å². The van der Waals surface area contributed by atoms with Crippen molar-refractivity contribution in [3.05, 3.63) is 52.1 Å². The van der Waals surface area contributed by atoms with Crippen LogP contribution in [0.5, 0.6) is 0 Å². The number of carbonyl (C=O) groups excluding carboxylic acids is 2. The van der Waals surface area contributed by atoms with Crippen LogP contribution < -0.4 is 10.5 Å². The fraction of sp³-hybridized carbons (Fsp3) is 0.522. The first-order chi connectivity index (χ1) is 15.0. The second kappa shape index (κ2) is 9.41. The van der Waals surface area contributed by atoms with Crippen molar-refractivity contribution in [3.63, 3.8) is 0 Å². The van der Waals surface area contributed by atoms with Crippen molar-refractivity contribution >= 4 is 17.5 Å². The SMILES string of the molecule is CC1CCN(c2ccc(=O)n(CC(=O)Cc3ccc(C(=O)N4CCCC4)nc3)n2)CC1. The number of carbonyl (C=O) groups is 2. The second-order valence-electron chi connectivity index (χ2n) is 8.62. The molecular weight excluding hydrogens is 394 g/mol. The molecule has 2 saturated heterocycles. The maximum absolute atomic E-state index is 12.6. The zero-order valence-electron chi connectivity index (χ0n) is 18.0. The first-order valence-corrected chi connectivity index (χ1v) is 11.1. The van der Waals surface area contributed by atoms with Crippen LogP contribution in [0.4, 0.5) is 5.82 Å². The van der Waals surface area contributed by atoms with Gasteiger partial charge < -0.3 is 9.80 Å². The summed E-state index contributed by atoms with van der Waals surface area (Å²) >= 11 is 0. The Labute approximate surface area is 181 Å². The summed E-state index contributed by atoms with van der Waals surface area (Å²) in [5.74, 6) is 1.26. The van der Waals surface area contributed by atoms with Crippen LogP contribution in [-0.4, -0.2) is 57.5 Å². The Bertz CT molecular complexity index is 987. The smallest absolute Gasteiger partial charge is 0.272 e. The van der Waals surface area contributed by atoms with E-state index in [0.29, 0.717) is 11.6 Å². The molecule has 0 aliphatic carbocycles. The quantitative estimate of drug-likeness (QED) is 0.705. The van der Waals surface area contributed by atoms with Gasteiger partial charge in [0.25, 0.3) is 11.5 Å². The van der Waals surface area contributed by atoms with Gasteiger partial charge >= 0.3 is 0 Å². The van der Waals surface area contributed by atoms with E-state index in [1.807, 2.05) is 0 Å². The summed E-state index contributed by atoms with van der Waals surface area (Å²) in [7, 11) is 0. The molecular formula is C23H29N5O3. The lowest BCUT2D eigenvalue weighted by molar-refractivity contribution is -0.119. The third kappa shape index (κ3) is 5.18. The van der Waals surface area contributed by atoms with E-state index in [0.717, 1.165) is 63.2 Å². The van der Waals surface area contributed by atoms with E-state index >= 15 is 0 Å². The number of likely N-dealkylation sites (tertiary alicyclic amines) is 1. The molecule has 0 spiro atoms. The molecule has 0 radical (unpaired) electrons. The first-order valence-electron chi connectivity index (χ1n) is 11.1. The van der Waals surface area contributed by atoms with Gasteiger partial charge in [0.1, 0.15) is 18.1 Å². The second-order valence-corrected chi connectivity index (χ2v) is 8.62. The molecule has 2 fully saturated rings. The number of hydrogen-bond acceptors (Lipinski definition) is 6. The molecule has 1 amide bonds. The van der Waals surface area contributed by atoms with Gasteiger partial charge in [-0.05, 0) is 49.3 Å². The summed E-state index contributed by atoms with van der Waals surface area (Å²) in [5.41, 5.74) is 0.837. The van der Waals surface area contributed by atoms with Crippen LogP contribution in [0, 0.1) is 5.92 Å². The molecule has 0 unspecified atom stereocenters. The Balaban J connectivity index is 1.37. The molecule has 2 aromatic rings. The molecule has 31 heavy (non-hydrogen) atoms. The fourth-order valence-electron chi connectivity index (χ4n) is 4.15. The molecule has 164 valence electrons. The zero-order chi connectivity index (χ0) is 21.8. The van der Waals surface area contributed by atoms with Crippen molar-refractivity contribution < 1.29 is 9.59 Å². The van der Waals surface area contributed by atoms with Crippen molar-refractivity contribution in [2.45, 2.75) is 45.6 Å². The number of hydrogen-bond donors (Lipinski definition) is 0. The highest BCUT2D eigenvalue weighted by atomic mass is 16.2. The lowest BCUT2D eigenvalue weighted by Crippen LogP contribution is -2.36. The molecule has 4 heterocycles. The third-order valence-electron chi connectivity index (χ3n) is 6.12. The predicted octanol–water partition coefficient (Wildman–Crippen LogP) is 1.92. The monoisotopic (exact) mass is 423 g/mol. The van der Waals surface area contributed by atoms with Crippen LogP contribution in [0.25, 0.3) is 0 Å². The van der Waals surface area contributed by atoms with E-state index < -0.39 is 0 Å². The van der Waals surface area contributed by atoms with Crippen LogP contribution in [0.1, 0.15) is 48.7 Å². The number of aromatic nitrogens is 3. The minimum Gasteiger partial charge on any atom is -0.355 e. The van der Waals surface area contributed by atoms with Gasteiger partial charge in [-0.2, -0.15) is 5.10 Å². The average molecular weight is 424 g/mol. The summed E-state index contributed by atoms with van der Waals surface area (Å²) in [5, 5.41) is 4.43. The van der Waals surface area contributed by atoms with Crippen LogP contribution in [0.3, 0.4) is 0 Å². The molecule has 8 nitrogen and oxygen atoms in total. The van der Waals surface area contributed by atoms with Crippen molar-refractivity contribution in [2.24, 2.45) is 5.92 Å². The summed E-state index contributed by atoms with van der Waals surface area (Å²) in [6, 6.07) is 6.65. The van der Waals surface area contributed by atoms with Crippen molar-refractivity contribution in [3.8, 4) is 0 Å². The number of rotatable bonds is 6. The number of amides is 1. The normalized spacial score (nSPS) is 17.2. The summed E-state index contributed by atoms with van der Waals surface area (Å²) in [6.07, 6.45) is 5.98. The van der Waals surface area contributed by atoms with E-state index in [1.54, 1.807) is 29.3 Å². The van der Waals surface area contributed by atoms with E-state index in [4.69, 9.17) is 0 Å². The summed E-state index contributed by atoms with van der Waals surface area (Å²) in [4.78, 5) is 45.4. The molecule has 0 bridgehead atoms. The number of Topliss-reactive ketones (excluding diaryl/α,β-unsaturated/α-hetero) is 1. The minimum atomic E-state index is -0.285. The van der Waals surface area contributed by atoms with Gasteiger partial charge in [-0.3, -0.25) is 19.4 Å². The van der Waals surface area contributed by atoms with Gasteiger partial charge in [0.15, 0.2) is 5.78 Å². The van der Waals surface area contributed by atoms with Crippen molar-refractivity contribution in [2.75, 3.05) is 31.1 Å². The van der Waals surface area contributed by atoms with E-state index in [-0.39, 0.29) is 30.2 Å². The Morgan fingerprint density at radius 3 is 2.45 bits per heavy atom. The van der Waals surface area contributed by atoms with Gasteiger partial charge in [0, 0.05) is 44.9 Å². The van der Waals surface area contributed by atoms with Gasteiger partial charge in [0.05, 0.1) is 0 Å². The standard InChI is InChI=1S/C23H29N5O3/c1-17-8-12-26(13-9-17)21-6-7-22(30)28(25-21)16-19(29)14-18-4-5-20(24-15-18)23(31)27-10-2-3-11-27/h4-7,15,17H,2-3,8-14,16H2,1H3. The highest BCUT2D eigenvalue weighted by Crippen LogP contribution is 2.20. The van der Waals surface area contributed by atoms with Crippen molar-refractivity contribution in [1.29, 1.82) is 0 Å². The minimum absolute atomic E-state index is 0.0601. The lowest BCUT2D eigenvalue weighted by Gasteiger charge is -2.31. The maximum atomic E-state index is 12.6. The lowest BCUT2D eigenvalue weighted by atomic mass is 9.99. The van der Waals surface area contributed by atoms with E-state index in [1.165, 1.54) is 10.7 Å². The Morgan fingerprint density at radius 2 is 1.77 bits per heavy atom. The number of pyridine rings is 1. The molecule has 2 aliphatic heterocycles. The topological polar surface area (TPSA) is 88.4 Å². The molecule has 0 N–H and O–H groups in total. The Hall–Kier alpha value is -3.03. The van der Waals surface area contributed by atoms with Crippen LogP contribution >= 0.6 is 0 Å². The van der Waals surface area contributed by atoms with Gasteiger partial charge in [-0.1, -0.05) is 13.0 Å². The number of anilines is 1. The molecule has 2 aromatic heterocycles. The summed E-state index contributed by atoms with van der Waals surface area (Å²) < 4.78 is 1.24. The highest BCUT2D eigenvalue weighted by molar-refractivity contribution is 5.92. The Morgan fingerprint density at radius 1 is 1.03 bits per heavy atom. The van der Waals surface area contributed by atoms with E-state index in [2.05, 4.69) is 21.9 Å². The van der Waals surface area contributed by atoms with Crippen LogP contribution in [-0.2, 0) is 17.8 Å². The number of ketones is 1. The largest absolute Gasteiger partial charge is 0.355 e. The maximum Gasteiger partial charge on any atom is 0.272 e. The van der Waals surface area contributed by atoms with Crippen molar-refractivity contribution in [1.82, 2.24) is 19.7 Å². The average Bonchev–Trinajstić information content (AvgIpc) is 3.31. The van der Waals surface area contributed by atoms with Crippen LogP contribution in [0.2, 0.25) is 0 Å². The highest BCUT2D eigenvalue weighted by Gasteiger charge is 2.21. The molecule has 4 rings (SSSR count). The molecule has 0 saturated carbocycles. The molecule has 0 aromatic carbocycles. The summed E-state index contributed by atoms with van der Waals surface area (Å²) in [6.45, 7) is 5.54. The molecule has 8 heteroatoms. The number of nitrogens with zero attached hydrogens (tertiary/aromatic N) is 5. The third-order valence-corrected chi connectivity index (χ3v) is 6.12. The zero-order valence-corrected chi connectivity index (χ0v) is 18.0. The predicted molar refractivity (Wildman–Crippen MR) is 117 cm³/mol. The molecule has 2 aliphatic rings. The fourth-order valence-corrected chi connectivity index (χ4v) is 4.15. The van der Waals surface area contributed by atoms with Crippen LogP contribution in [0.15, 0.2) is 35.3 Å².